The first-order chi connectivity index (χ1) is 12.3. The number of rotatable bonds is 7. The number of nitrogens with one attached hydrogen (secondary N) is 1. The van der Waals surface area contributed by atoms with Crippen LogP contribution in [0.2, 0.25) is 0 Å². The fourth-order valence-electron chi connectivity index (χ4n) is 3.39. The van der Waals surface area contributed by atoms with Crippen LogP contribution in [0.3, 0.4) is 0 Å². The predicted molar refractivity (Wildman–Crippen MR) is 101 cm³/mol. The third-order valence-corrected chi connectivity index (χ3v) is 5.11. The van der Waals surface area contributed by atoms with Gasteiger partial charge in [-0.15, -0.1) is 0 Å². The molecular formula is C20H31N3O2. The monoisotopic (exact) mass is 345 g/mol. The summed E-state index contributed by atoms with van der Waals surface area (Å²) >= 11 is 0. The summed E-state index contributed by atoms with van der Waals surface area (Å²) in [7, 11) is 1.86. The van der Waals surface area contributed by atoms with Gasteiger partial charge >= 0.3 is 0 Å². The highest BCUT2D eigenvalue weighted by Crippen LogP contribution is 2.27. The van der Waals surface area contributed by atoms with Gasteiger partial charge in [-0.3, -0.25) is 4.99 Å². The zero-order valence-electron chi connectivity index (χ0n) is 15.5. The van der Waals surface area contributed by atoms with E-state index in [1.165, 1.54) is 31.2 Å². The fraction of sp³-hybridized carbons (Fsp3) is 0.650. The maximum atomic E-state index is 6.12. The zero-order valence-corrected chi connectivity index (χ0v) is 15.5. The lowest BCUT2D eigenvalue weighted by atomic mass is 9.96. The van der Waals surface area contributed by atoms with Gasteiger partial charge in [-0.25, -0.2) is 0 Å². The Hall–Kier alpha value is -1.75. The number of likely N-dealkylation sites (tertiary alicyclic amines) is 1. The van der Waals surface area contributed by atoms with E-state index in [9.17, 15) is 0 Å². The van der Waals surface area contributed by atoms with Crippen LogP contribution in [0, 0.1) is 5.92 Å². The van der Waals surface area contributed by atoms with E-state index in [0.717, 1.165) is 44.6 Å². The maximum absolute atomic E-state index is 6.12. The average Bonchev–Trinajstić information content (AvgIpc) is 3.06. The van der Waals surface area contributed by atoms with Gasteiger partial charge in [0.25, 0.3) is 0 Å². The largest absolute Gasteiger partial charge is 0.490 e. The van der Waals surface area contributed by atoms with Crippen molar-refractivity contribution in [3.63, 3.8) is 0 Å². The van der Waals surface area contributed by atoms with E-state index in [4.69, 9.17) is 9.47 Å². The fourth-order valence-corrected chi connectivity index (χ4v) is 3.39. The van der Waals surface area contributed by atoms with Crippen LogP contribution < -0.4 is 10.1 Å². The number of nitrogens with zero attached hydrogens (tertiary/aromatic N) is 2. The molecule has 0 amide bonds. The number of guanidine groups is 1. The maximum Gasteiger partial charge on any atom is 0.193 e. The molecule has 2 fully saturated rings. The number of benzene rings is 1. The molecule has 5 heteroatoms. The Morgan fingerprint density at radius 2 is 2.12 bits per heavy atom. The minimum atomic E-state index is 0.401. The third kappa shape index (κ3) is 4.88. The van der Waals surface area contributed by atoms with Crippen molar-refractivity contribution < 1.29 is 9.47 Å². The summed E-state index contributed by atoms with van der Waals surface area (Å²) in [4.78, 5) is 6.80. The van der Waals surface area contributed by atoms with Crippen molar-refractivity contribution in [3.8, 4) is 5.75 Å². The van der Waals surface area contributed by atoms with E-state index in [-0.39, 0.29) is 0 Å². The SMILES string of the molecule is CCOCC1CCN(C(=NC)NCc2ccccc2OC2CCC2)C1. The minimum absolute atomic E-state index is 0.401. The van der Waals surface area contributed by atoms with E-state index in [2.05, 4.69) is 40.3 Å². The zero-order chi connectivity index (χ0) is 17.5. The quantitative estimate of drug-likeness (QED) is 0.609. The van der Waals surface area contributed by atoms with Crippen LogP contribution in [-0.4, -0.2) is 50.3 Å². The molecule has 1 aromatic carbocycles. The highest BCUT2D eigenvalue weighted by Gasteiger charge is 2.25. The van der Waals surface area contributed by atoms with Crippen molar-refractivity contribution in [1.82, 2.24) is 10.2 Å². The van der Waals surface area contributed by atoms with Crippen molar-refractivity contribution in [3.05, 3.63) is 29.8 Å². The van der Waals surface area contributed by atoms with Crippen LogP contribution in [0.15, 0.2) is 29.3 Å². The Morgan fingerprint density at radius 1 is 1.28 bits per heavy atom. The molecule has 138 valence electrons. The minimum Gasteiger partial charge on any atom is -0.490 e. The molecule has 1 heterocycles. The normalized spacial score (nSPS) is 21.3. The van der Waals surface area contributed by atoms with Crippen LogP contribution in [-0.2, 0) is 11.3 Å². The van der Waals surface area contributed by atoms with Crippen LogP contribution in [0.1, 0.15) is 38.2 Å². The lowest BCUT2D eigenvalue weighted by Gasteiger charge is -2.28. The molecule has 25 heavy (non-hydrogen) atoms. The molecule has 1 saturated heterocycles. The Bertz CT molecular complexity index is 572. The smallest absolute Gasteiger partial charge is 0.193 e. The summed E-state index contributed by atoms with van der Waals surface area (Å²) in [5, 5.41) is 3.51. The van der Waals surface area contributed by atoms with Crippen molar-refractivity contribution in [2.75, 3.05) is 33.4 Å². The lowest BCUT2D eigenvalue weighted by molar-refractivity contribution is 0.114. The average molecular weight is 345 g/mol. The van der Waals surface area contributed by atoms with E-state index < -0.39 is 0 Å². The number of para-hydroxylation sites is 1. The second kappa shape index (κ2) is 9.09. The van der Waals surface area contributed by atoms with Crippen LogP contribution in [0.25, 0.3) is 0 Å². The number of hydrogen-bond acceptors (Lipinski definition) is 3. The summed E-state index contributed by atoms with van der Waals surface area (Å²) < 4.78 is 11.7. The molecule has 0 spiro atoms. The van der Waals surface area contributed by atoms with Gasteiger partial charge in [0.15, 0.2) is 5.96 Å². The first-order valence-corrected chi connectivity index (χ1v) is 9.58. The first-order valence-electron chi connectivity index (χ1n) is 9.58. The van der Waals surface area contributed by atoms with Gasteiger partial charge in [-0.05, 0) is 38.7 Å². The van der Waals surface area contributed by atoms with E-state index in [0.29, 0.717) is 12.0 Å². The molecule has 5 nitrogen and oxygen atoms in total. The van der Waals surface area contributed by atoms with Crippen molar-refractivity contribution in [2.45, 2.75) is 45.3 Å². The highest BCUT2D eigenvalue weighted by atomic mass is 16.5. The van der Waals surface area contributed by atoms with E-state index in [1.54, 1.807) is 0 Å². The van der Waals surface area contributed by atoms with Gasteiger partial charge in [-0.2, -0.15) is 0 Å². The van der Waals surface area contributed by atoms with Gasteiger partial charge < -0.3 is 19.7 Å². The summed E-state index contributed by atoms with van der Waals surface area (Å²) in [6.07, 6.45) is 5.22. The highest BCUT2D eigenvalue weighted by molar-refractivity contribution is 5.80. The van der Waals surface area contributed by atoms with E-state index in [1.807, 2.05) is 13.1 Å². The molecule has 1 unspecified atom stereocenters. The van der Waals surface area contributed by atoms with Crippen molar-refractivity contribution >= 4 is 5.96 Å². The molecule has 1 N–H and O–H groups in total. The second-order valence-corrected chi connectivity index (χ2v) is 6.94. The van der Waals surface area contributed by atoms with E-state index >= 15 is 0 Å². The number of hydrogen-bond donors (Lipinski definition) is 1. The van der Waals surface area contributed by atoms with Crippen LogP contribution in [0.4, 0.5) is 0 Å². The Balaban J connectivity index is 1.53. The van der Waals surface area contributed by atoms with Gasteiger partial charge in [0.1, 0.15) is 5.75 Å². The first kappa shape index (κ1) is 18.1. The van der Waals surface area contributed by atoms with Crippen LogP contribution in [0.5, 0.6) is 5.75 Å². The Kier molecular flexibility index (Phi) is 6.56. The molecule has 1 saturated carbocycles. The third-order valence-electron chi connectivity index (χ3n) is 5.11. The van der Waals surface area contributed by atoms with Gasteiger partial charge in [0.2, 0.25) is 0 Å². The van der Waals surface area contributed by atoms with Gasteiger partial charge in [-0.1, -0.05) is 18.2 Å². The van der Waals surface area contributed by atoms with Crippen LogP contribution >= 0.6 is 0 Å². The standard InChI is InChI=1S/C20H31N3O2/c1-3-24-15-16-11-12-23(14-16)20(21-2)22-13-17-7-4-5-10-19(17)25-18-8-6-9-18/h4-5,7,10,16,18H,3,6,8-9,11-15H2,1-2H3,(H,21,22). The molecule has 0 radical (unpaired) electrons. The summed E-state index contributed by atoms with van der Waals surface area (Å²) in [5.74, 6) is 2.58. The second-order valence-electron chi connectivity index (χ2n) is 6.94. The molecule has 0 bridgehead atoms. The number of ether oxygens (including phenoxy) is 2. The molecule has 0 aromatic heterocycles. The molecule has 1 aromatic rings. The Labute approximate surface area is 151 Å². The molecule has 1 aliphatic heterocycles. The van der Waals surface area contributed by atoms with Crippen molar-refractivity contribution in [1.29, 1.82) is 0 Å². The van der Waals surface area contributed by atoms with Gasteiger partial charge in [0, 0.05) is 44.8 Å². The van der Waals surface area contributed by atoms with Gasteiger partial charge in [0.05, 0.1) is 12.7 Å². The molecular weight excluding hydrogens is 314 g/mol. The molecule has 2 aliphatic rings. The topological polar surface area (TPSA) is 46.1 Å². The number of aliphatic imine (C=N–C) groups is 1. The summed E-state index contributed by atoms with van der Waals surface area (Å²) in [6, 6.07) is 8.33. The molecule has 3 rings (SSSR count). The predicted octanol–water partition coefficient (Wildman–Crippen LogP) is 3.05. The Morgan fingerprint density at radius 3 is 2.84 bits per heavy atom. The summed E-state index contributed by atoms with van der Waals surface area (Å²) in [5.41, 5.74) is 1.20. The molecule has 1 atom stereocenters. The summed E-state index contributed by atoms with van der Waals surface area (Å²) in [6.45, 7) is 6.49. The van der Waals surface area contributed by atoms with Crippen molar-refractivity contribution in [2.24, 2.45) is 10.9 Å². The lowest BCUT2D eigenvalue weighted by Crippen LogP contribution is -2.40. The molecule has 1 aliphatic carbocycles.